The minimum Gasteiger partial charge on any atom is -0.496 e. The Labute approximate surface area is 106 Å². The SMILES string of the molecule is CCCNC(CC1CCCCC1)C1=CCCO1. The summed E-state index contributed by atoms with van der Waals surface area (Å²) in [7, 11) is 0. The van der Waals surface area contributed by atoms with Crippen LogP contribution in [-0.2, 0) is 4.74 Å². The van der Waals surface area contributed by atoms with Crippen LogP contribution in [0.4, 0.5) is 0 Å². The van der Waals surface area contributed by atoms with Gasteiger partial charge in [-0.15, -0.1) is 0 Å². The standard InChI is InChI=1S/C15H27NO/c1-2-10-16-14(15-9-6-11-17-15)12-13-7-4-3-5-8-13/h9,13-14,16H,2-8,10-12H2,1H3. The van der Waals surface area contributed by atoms with Gasteiger partial charge in [0.05, 0.1) is 12.6 Å². The predicted octanol–water partition coefficient (Wildman–Crippen LogP) is 3.63. The maximum absolute atomic E-state index is 5.75. The summed E-state index contributed by atoms with van der Waals surface area (Å²) in [6, 6.07) is 0.487. The fraction of sp³-hybridized carbons (Fsp3) is 0.867. The van der Waals surface area contributed by atoms with Crippen molar-refractivity contribution in [3.05, 3.63) is 11.8 Å². The van der Waals surface area contributed by atoms with Gasteiger partial charge in [0.15, 0.2) is 0 Å². The Hall–Kier alpha value is -0.500. The third-order valence-corrected chi connectivity index (χ3v) is 4.01. The molecular weight excluding hydrogens is 210 g/mol. The molecule has 0 spiro atoms. The first kappa shape index (κ1) is 12.9. The molecule has 0 aromatic carbocycles. The lowest BCUT2D eigenvalue weighted by molar-refractivity contribution is 0.196. The zero-order valence-corrected chi connectivity index (χ0v) is 11.2. The second-order valence-electron chi connectivity index (χ2n) is 5.49. The first-order chi connectivity index (χ1) is 8.40. The van der Waals surface area contributed by atoms with Crippen LogP contribution < -0.4 is 5.32 Å². The van der Waals surface area contributed by atoms with Crippen molar-refractivity contribution in [2.75, 3.05) is 13.2 Å². The van der Waals surface area contributed by atoms with Gasteiger partial charge < -0.3 is 10.1 Å². The normalized spacial score (nSPS) is 23.2. The summed E-state index contributed by atoms with van der Waals surface area (Å²) in [5.41, 5.74) is 0. The van der Waals surface area contributed by atoms with Gasteiger partial charge in [0.2, 0.25) is 0 Å². The molecule has 0 aromatic rings. The smallest absolute Gasteiger partial charge is 0.109 e. The summed E-state index contributed by atoms with van der Waals surface area (Å²) in [5, 5.41) is 3.67. The zero-order chi connectivity index (χ0) is 11.9. The molecule has 0 aromatic heterocycles. The highest BCUT2D eigenvalue weighted by Gasteiger charge is 2.23. The first-order valence-electron chi connectivity index (χ1n) is 7.46. The van der Waals surface area contributed by atoms with Crippen LogP contribution in [0.3, 0.4) is 0 Å². The molecule has 2 aliphatic rings. The van der Waals surface area contributed by atoms with Crippen LogP contribution in [0, 0.1) is 5.92 Å². The zero-order valence-electron chi connectivity index (χ0n) is 11.2. The summed E-state index contributed by atoms with van der Waals surface area (Å²) < 4.78 is 5.75. The Morgan fingerprint density at radius 3 is 2.82 bits per heavy atom. The molecule has 1 saturated carbocycles. The number of rotatable bonds is 6. The Morgan fingerprint density at radius 1 is 1.35 bits per heavy atom. The summed E-state index contributed by atoms with van der Waals surface area (Å²) in [6.07, 6.45) is 13.1. The predicted molar refractivity (Wildman–Crippen MR) is 71.9 cm³/mol. The molecule has 1 aliphatic carbocycles. The highest BCUT2D eigenvalue weighted by molar-refractivity contribution is 5.07. The quantitative estimate of drug-likeness (QED) is 0.761. The van der Waals surface area contributed by atoms with Crippen LogP contribution in [0.5, 0.6) is 0 Å². The molecule has 1 N–H and O–H groups in total. The first-order valence-corrected chi connectivity index (χ1v) is 7.46. The summed E-state index contributed by atoms with van der Waals surface area (Å²) >= 11 is 0. The van der Waals surface area contributed by atoms with Crippen LogP contribution in [0.15, 0.2) is 11.8 Å². The Bertz CT molecular complexity index is 243. The molecule has 17 heavy (non-hydrogen) atoms. The van der Waals surface area contributed by atoms with Gasteiger partial charge in [-0.1, -0.05) is 39.0 Å². The molecule has 2 heteroatoms. The maximum Gasteiger partial charge on any atom is 0.109 e. The molecule has 1 atom stereocenters. The monoisotopic (exact) mass is 237 g/mol. The molecule has 98 valence electrons. The molecule has 0 bridgehead atoms. The van der Waals surface area contributed by atoms with Crippen LogP contribution in [-0.4, -0.2) is 19.2 Å². The molecule has 0 amide bonds. The van der Waals surface area contributed by atoms with Gasteiger partial charge in [0.1, 0.15) is 5.76 Å². The van der Waals surface area contributed by atoms with E-state index in [0.717, 1.165) is 25.5 Å². The van der Waals surface area contributed by atoms with E-state index in [1.807, 2.05) is 0 Å². The van der Waals surface area contributed by atoms with Crippen molar-refractivity contribution in [1.29, 1.82) is 0 Å². The Balaban J connectivity index is 1.84. The third-order valence-electron chi connectivity index (χ3n) is 4.01. The van der Waals surface area contributed by atoms with Gasteiger partial charge in [-0.2, -0.15) is 0 Å². The van der Waals surface area contributed by atoms with Crippen molar-refractivity contribution in [1.82, 2.24) is 5.32 Å². The van der Waals surface area contributed by atoms with Gasteiger partial charge in [0, 0.05) is 6.42 Å². The fourth-order valence-corrected chi connectivity index (χ4v) is 3.05. The highest BCUT2D eigenvalue weighted by Crippen LogP contribution is 2.29. The minimum absolute atomic E-state index is 0.487. The van der Waals surface area contributed by atoms with E-state index < -0.39 is 0 Å². The lowest BCUT2D eigenvalue weighted by Crippen LogP contribution is -2.34. The van der Waals surface area contributed by atoms with Gasteiger partial charge in [-0.25, -0.2) is 0 Å². The molecule has 1 heterocycles. The Kier molecular flexibility index (Phi) is 5.37. The second kappa shape index (κ2) is 7.05. The number of nitrogens with one attached hydrogen (secondary N) is 1. The molecule has 1 unspecified atom stereocenters. The van der Waals surface area contributed by atoms with E-state index in [0.29, 0.717) is 6.04 Å². The minimum atomic E-state index is 0.487. The van der Waals surface area contributed by atoms with Crippen molar-refractivity contribution in [2.45, 2.75) is 64.3 Å². The molecule has 2 rings (SSSR count). The van der Waals surface area contributed by atoms with Crippen LogP contribution in [0.25, 0.3) is 0 Å². The van der Waals surface area contributed by atoms with Gasteiger partial charge in [-0.05, 0) is 31.4 Å². The van der Waals surface area contributed by atoms with E-state index in [4.69, 9.17) is 4.74 Å². The van der Waals surface area contributed by atoms with Crippen LogP contribution >= 0.6 is 0 Å². The van der Waals surface area contributed by atoms with Crippen LogP contribution in [0.1, 0.15) is 58.3 Å². The van der Waals surface area contributed by atoms with E-state index in [1.165, 1.54) is 50.7 Å². The fourth-order valence-electron chi connectivity index (χ4n) is 3.05. The molecule has 2 nitrogen and oxygen atoms in total. The highest BCUT2D eigenvalue weighted by atomic mass is 16.5. The summed E-state index contributed by atoms with van der Waals surface area (Å²) in [4.78, 5) is 0. The van der Waals surface area contributed by atoms with Gasteiger partial charge in [0.25, 0.3) is 0 Å². The molecule has 0 saturated heterocycles. The molecule has 1 aliphatic heterocycles. The van der Waals surface area contributed by atoms with E-state index in [-0.39, 0.29) is 0 Å². The average Bonchev–Trinajstić information content (AvgIpc) is 2.89. The topological polar surface area (TPSA) is 21.3 Å². The van der Waals surface area contributed by atoms with Gasteiger partial charge >= 0.3 is 0 Å². The molecule has 0 radical (unpaired) electrons. The van der Waals surface area contributed by atoms with Crippen molar-refractivity contribution in [2.24, 2.45) is 5.92 Å². The Morgan fingerprint density at radius 2 is 2.18 bits per heavy atom. The largest absolute Gasteiger partial charge is 0.496 e. The number of hydrogen-bond donors (Lipinski definition) is 1. The maximum atomic E-state index is 5.75. The van der Waals surface area contributed by atoms with Crippen molar-refractivity contribution in [3.63, 3.8) is 0 Å². The lowest BCUT2D eigenvalue weighted by atomic mass is 9.84. The van der Waals surface area contributed by atoms with E-state index in [2.05, 4.69) is 18.3 Å². The van der Waals surface area contributed by atoms with E-state index in [9.17, 15) is 0 Å². The number of hydrogen-bond acceptors (Lipinski definition) is 2. The van der Waals surface area contributed by atoms with Gasteiger partial charge in [-0.3, -0.25) is 0 Å². The lowest BCUT2D eigenvalue weighted by Gasteiger charge is -2.27. The van der Waals surface area contributed by atoms with Crippen molar-refractivity contribution in [3.8, 4) is 0 Å². The molecule has 1 fully saturated rings. The van der Waals surface area contributed by atoms with Crippen molar-refractivity contribution >= 4 is 0 Å². The third kappa shape index (κ3) is 4.02. The second-order valence-corrected chi connectivity index (χ2v) is 5.49. The summed E-state index contributed by atoms with van der Waals surface area (Å²) in [6.45, 7) is 4.23. The van der Waals surface area contributed by atoms with E-state index >= 15 is 0 Å². The average molecular weight is 237 g/mol. The summed E-state index contributed by atoms with van der Waals surface area (Å²) in [5.74, 6) is 2.15. The van der Waals surface area contributed by atoms with Crippen LogP contribution in [0.2, 0.25) is 0 Å². The number of ether oxygens (including phenoxy) is 1. The molecular formula is C15H27NO. The van der Waals surface area contributed by atoms with Crippen molar-refractivity contribution < 1.29 is 4.74 Å². The van der Waals surface area contributed by atoms with E-state index in [1.54, 1.807) is 0 Å².